The molecule has 1 aliphatic heterocycles. The second-order valence-electron chi connectivity index (χ2n) is 9.76. The third-order valence-corrected chi connectivity index (χ3v) is 7.22. The van der Waals surface area contributed by atoms with Crippen molar-refractivity contribution in [2.24, 2.45) is 0 Å². The van der Waals surface area contributed by atoms with Crippen LogP contribution in [-0.2, 0) is 22.7 Å². The molecule has 2 amide bonds. The van der Waals surface area contributed by atoms with Crippen LogP contribution in [-0.4, -0.2) is 50.0 Å². The monoisotopic (exact) mass is 578 g/mol. The number of anilines is 1. The maximum absolute atomic E-state index is 14.4. The number of H-pyrrole nitrogens is 1. The molecular formula is C29H25ClF2N6O3. The quantitative estimate of drug-likeness (QED) is 0.314. The standard InChI is InChI=1S/C29H25ClF2N6O3/c1-16-13-37(23-9-17(6-8-21(16)23)5-7-19-12-35-29(41)36-27(19)33)15-25(39)38-14-20(31)10-24(38)28(40)34-11-18-3-2-4-22(30)26(18)32/h2-4,6,8-9,12-13,20,24H,10-11,14-15H2,1H3,(H,34,40)(H3,33,35,36,41)/t20-,24?/m1/s1. The Bertz CT molecular complexity index is 1790. The zero-order valence-electron chi connectivity index (χ0n) is 21.9. The number of carbonyl (C=O) groups excluding carboxylic acids is 2. The van der Waals surface area contributed by atoms with E-state index in [-0.39, 0.29) is 42.5 Å². The molecule has 0 saturated carbocycles. The number of hydrogen-bond acceptors (Lipinski definition) is 5. The highest BCUT2D eigenvalue weighted by Crippen LogP contribution is 2.25. The van der Waals surface area contributed by atoms with Gasteiger partial charge in [-0.15, -0.1) is 0 Å². The van der Waals surface area contributed by atoms with Gasteiger partial charge in [0.15, 0.2) is 0 Å². The Morgan fingerprint density at radius 2 is 2.07 bits per heavy atom. The molecule has 1 fully saturated rings. The van der Waals surface area contributed by atoms with Crippen LogP contribution in [0.4, 0.5) is 14.6 Å². The smallest absolute Gasteiger partial charge is 0.346 e. The lowest BCUT2D eigenvalue weighted by Crippen LogP contribution is -2.46. The maximum atomic E-state index is 14.4. The molecule has 41 heavy (non-hydrogen) atoms. The van der Waals surface area contributed by atoms with E-state index in [1.807, 2.05) is 31.3 Å². The zero-order chi connectivity index (χ0) is 29.3. The molecule has 1 saturated heterocycles. The minimum absolute atomic E-state index is 0.0702. The van der Waals surface area contributed by atoms with Crippen LogP contribution in [0.1, 0.15) is 28.7 Å². The summed E-state index contributed by atoms with van der Waals surface area (Å²) in [5.74, 6) is 4.32. The number of likely N-dealkylation sites (tertiary alicyclic amines) is 1. The molecule has 0 spiro atoms. The Morgan fingerprint density at radius 3 is 2.85 bits per heavy atom. The van der Waals surface area contributed by atoms with Gasteiger partial charge in [0.2, 0.25) is 11.8 Å². The minimum atomic E-state index is -1.36. The molecule has 5 rings (SSSR count). The van der Waals surface area contributed by atoms with E-state index in [1.165, 1.54) is 23.2 Å². The van der Waals surface area contributed by atoms with Crippen molar-refractivity contribution < 1.29 is 18.4 Å². The van der Waals surface area contributed by atoms with Gasteiger partial charge in [-0.2, -0.15) is 0 Å². The molecule has 0 bridgehead atoms. The van der Waals surface area contributed by atoms with E-state index in [4.69, 9.17) is 17.3 Å². The van der Waals surface area contributed by atoms with Crippen LogP contribution < -0.4 is 16.7 Å². The van der Waals surface area contributed by atoms with Crippen LogP contribution in [0.5, 0.6) is 0 Å². The van der Waals surface area contributed by atoms with Crippen LogP contribution in [0.25, 0.3) is 10.9 Å². The maximum Gasteiger partial charge on any atom is 0.346 e. The third-order valence-electron chi connectivity index (χ3n) is 6.93. The van der Waals surface area contributed by atoms with E-state index in [1.54, 1.807) is 10.6 Å². The summed E-state index contributed by atoms with van der Waals surface area (Å²) in [5.41, 5.74) is 8.06. The number of nitrogens with one attached hydrogen (secondary N) is 2. The predicted molar refractivity (Wildman–Crippen MR) is 150 cm³/mol. The van der Waals surface area contributed by atoms with Crippen molar-refractivity contribution in [1.82, 2.24) is 24.8 Å². The number of nitrogens with zero attached hydrogens (tertiary/aromatic N) is 3. The highest BCUT2D eigenvalue weighted by molar-refractivity contribution is 6.30. The molecule has 210 valence electrons. The van der Waals surface area contributed by atoms with E-state index in [2.05, 4.69) is 27.1 Å². The Morgan fingerprint density at radius 1 is 1.27 bits per heavy atom. The molecule has 12 heteroatoms. The largest absolute Gasteiger partial charge is 0.384 e. The summed E-state index contributed by atoms with van der Waals surface area (Å²) in [6.07, 6.45) is 1.59. The predicted octanol–water partition coefficient (Wildman–Crippen LogP) is 3.06. The van der Waals surface area contributed by atoms with Gasteiger partial charge in [0.25, 0.3) is 0 Å². The van der Waals surface area contributed by atoms with E-state index in [9.17, 15) is 23.2 Å². The summed E-state index contributed by atoms with van der Waals surface area (Å²) < 4.78 is 30.4. The topological polar surface area (TPSA) is 126 Å². The Kier molecular flexibility index (Phi) is 7.77. The van der Waals surface area contributed by atoms with E-state index >= 15 is 0 Å². The fourth-order valence-electron chi connectivity index (χ4n) is 4.86. The SMILES string of the molecule is Cc1cn(CC(=O)N2C[C@H](F)CC2C(=O)NCc2cccc(Cl)c2F)c2cc(C#Cc3cnc(=O)[nH]c3N)ccc12. The summed E-state index contributed by atoms with van der Waals surface area (Å²) in [6.45, 7) is 1.41. The van der Waals surface area contributed by atoms with Crippen molar-refractivity contribution >= 4 is 40.1 Å². The minimum Gasteiger partial charge on any atom is -0.384 e. The second-order valence-corrected chi connectivity index (χ2v) is 10.2. The summed E-state index contributed by atoms with van der Waals surface area (Å²) >= 11 is 5.81. The molecule has 3 heterocycles. The number of rotatable bonds is 5. The van der Waals surface area contributed by atoms with Crippen molar-refractivity contribution in [2.45, 2.75) is 38.6 Å². The van der Waals surface area contributed by atoms with Crippen molar-refractivity contribution in [3.05, 3.63) is 92.4 Å². The summed E-state index contributed by atoms with van der Waals surface area (Å²) in [5, 5.41) is 3.43. The molecule has 4 N–H and O–H groups in total. The fraction of sp³-hybridized carbons (Fsp3) is 0.241. The highest BCUT2D eigenvalue weighted by Gasteiger charge is 2.39. The lowest BCUT2D eigenvalue weighted by atomic mass is 10.1. The first kappa shape index (κ1) is 27.9. The Balaban J connectivity index is 1.34. The number of nitrogens with two attached hydrogens (primary N) is 1. The van der Waals surface area contributed by atoms with Gasteiger partial charge in [0.1, 0.15) is 30.4 Å². The fourth-order valence-corrected chi connectivity index (χ4v) is 5.06. The number of hydrogen-bond donors (Lipinski definition) is 3. The number of amides is 2. The van der Waals surface area contributed by atoms with Crippen molar-refractivity contribution in [3.63, 3.8) is 0 Å². The molecule has 2 aromatic heterocycles. The zero-order valence-corrected chi connectivity index (χ0v) is 22.6. The Labute approximate surface area is 238 Å². The average molecular weight is 579 g/mol. The first-order chi connectivity index (χ1) is 19.6. The average Bonchev–Trinajstić information content (AvgIpc) is 3.48. The van der Waals surface area contributed by atoms with Crippen LogP contribution in [0.15, 0.2) is 53.6 Å². The number of alkyl halides is 1. The molecule has 4 aromatic rings. The summed E-state index contributed by atoms with van der Waals surface area (Å²) in [4.78, 5) is 44.8. The third kappa shape index (κ3) is 5.93. The molecule has 9 nitrogen and oxygen atoms in total. The van der Waals surface area contributed by atoms with Gasteiger partial charge in [-0.05, 0) is 30.7 Å². The van der Waals surface area contributed by atoms with E-state index in [0.29, 0.717) is 11.1 Å². The second kappa shape index (κ2) is 11.4. The van der Waals surface area contributed by atoms with Crippen molar-refractivity contribution in [3.8, 4) is 11.8 Å². The molecule has 1 unspecified atom stereocenters. The van der Waals surface area contributed by atoms with Crippen LogP contribution in [0.3, 0.4) is 0 Å². The lowest BCUT2D eigenvalue weighted by Gasteiger charge is -2.24. The van der Waals surface area contributed by atoms with Crippen molar-refractivity contribution in [2.75, 3.05) is 12.3 Å². The van der Waals surface area contributed by atoms with Crippen LogP contribution in [0, 0.1) is 24.6 Å². The van der Waals surface area contributed by atoms with Crippen LogP contribution in [0.2, 0.25) is 5.02 Å². The summed E-state index contributed by atoms with van der Waals surface area (Å²) in [6, 6.07) is 8.93. The normalized spacial score (nSPS) is 16.4. The van der Waals surface area contributed by atoms with Crippen molar-refractivity contribution in [1.29, 1.82) is 0 Å². The first-order valence-electron chi connectivity index (χ1n) is 12.7. The molecule has 0 radical (unpaired) electrons. The molecule has 2 aromatic carbocycles. The van der Waals surface area contributed by atoms with Crippen LogP contribution >= 0.6 is 11.6 Å². The number of halogens is 3. The van der Waals surface area contributed by atoms with Gasteiger partial charge < -0.3 is 20.5 Å². The molecule has 1 aliphatic rings. The first-order valence-corrected chi connectivity index (χ1v) is 13.1. The Hall–Kier alpha value is -4.69. The van der Waals surface area contributed by atoms with E-state index in [0.717, 1.165) is 16.5 Å². The number of fused-ring (bicyclic) bond motifs is 1. The molecular weight excluding hydrogens is 554 g/mol. The molecule has 2 atom stereocenters. The number of carbonyl (C=O) groups is 2. The van der Waals surface area contributed by atoms with E-state index < -0.39 is 35.5 Å². The van der Waals surface area contributed by atoms with Gasteiger partial charge in [-0.3, -0.25) is 14.6 Å². The van der Waals surface area contributed by atoms with Gasteiger partial charge in [0.05, 0.1) is 23.3 Å². The molecule has 0 aliphatic carbocycles. The summed E-state index contributed by atoms with van der Waals surface area (Å²) in [7, 11) is 0. The number of aromatic amines is 1. The van der Waals surface area contributed by atoms with Gasteiger partial charge >= 0.3 is 5.69 Å². The highest BCUT2D eigenvalue weighted by atomic mass is 35.5. The number of benzene rings is 2. The number of nitrogen functional groups attached to an aromatic ring is 1. The van der Waals surface area contributed by atoms with Gasteiger partial charge in [-0.25, -0.2) is 18.6 Å². The number of aryl methyl sites for hydroxylation is 1. The van der Waals surface area contributed by atoms with Gasteiger partial charge in [-0.1, -0.05) is 41.6 Å². The number of aromatic nitrogens is 3. The lowest BCUT2D eigenvalue weighted by molar-refractivity contribution is -0.139. The van der Waals surface area contributed by atoms with Gasteiger partial charge in [0, 0.05) is 41.2 Å².